The van der Waals surface area contributed by atoms with Crippen LogP contribution in [0.3, 0.4) is 0 Å². The van der Waals surface area contributed by atoms with E-state index in [2.05, 4.69) is 26.1 Å². The Morgan fingerprint density at radius 1 is 1.14 bits per heavy atom. The highest BCUT2D eigenvalue weighted by Crippen LogP contribution is 2.36. The Morgan fingerprint density at radius 3 is 1.95 bits per heavy atom. The molecular formula is C18H34N2O2. The van der Waals surface area contributed by atoms with Crippen molar-refractivity contribution in [2.75, 3.05) is 13.1 Å². The van der Waals surface area contributed by atoms with E-state index >= 15 is 0 Å². The molecule has 0 saturated carbocycles. The van der Waals surface area contributed by atoms with Gasteiger partial charge in [-0.25, -0.2) is 0 Å². The molecule has 0 aromatic heterocycles. The molecule has 2 atom stereocenters. The van der Waals surface area contributed by atoms with Gasteiger partial charge in [-0.15, -0.1) is 0 Å². The molecule has 0 spiro atoms. The third-order valence-electron chi connectivity index (χ3n) is 4.81. The van der Waals surface area contributed by atoms with Crippen LogP contribution in [-0.2, 0) is 9.59 Å². The van der Waals surface area contributed by atoms with Crippen LogP contribution >= 0.6 is 0 Å². The molecule has 0 radical (unpaired) electrons. The maximum atomic E-state index is 13.0. The lowest BCUT2D eigenvalue weighted by Crippen LogP contribution is -2.56. The first-order valence-corrected chi connectivity index (χ1v) is 8.26. The van der Waals surface area contributed by atoms with Gasteiger partial charge in [0.15, 0.2) is 0 Å². The first-order chi connectivity index (χ1) is 9.66. The molecule has 1 saturated heterocycles. The molecule has 1 rings (SSSR count). The molecule has 0 aliphatic carbocycles. The Hall–Kier alpha value is -1.06. The van der Waals surface area contributed by atoms with E-state index in [1.807, 2.05) is 46.4 Å². The number of carbonyl (C=O) groups excluding carboxylic acids is 2. The minimum absolute atomic E-state index is 0.0440. The molecule has 0 aromatic rings. The third-order valence-corrected chi connectivity index (χ3v) is 4.81. The molecule has 1 N–H and O–H groups in total. The summed E-state index contributed by atoms with van der Waals surface area (Å²) in [5.74, 6) is 0.435. The molecular weight excluding hydrogens is 276 g/mol. The number of nitrogens with one attached hydrogen (secondary N) is 1. The summed E-state index contributed by atoms with van der Waals surface area (Å²) in [6.07, 6.45) is 0. The summed E-state index contributed by atoms with van der Waals surface area (Å²) in [4.78, 5) is 27.3. The van der Waals surface area contributed by atoms with Crippen molar-refractivity contribution in [3.63, 3.8) is 0 Å². The van der Waals surface area contributed by atoms with E-state index < -0.39 is 11.5 Å². The van der Waals surface area contributed by atoms with E-state index in [9.17, 15) is 9.59 Å². The molecule has 2 unspecified atom stereocenters. The van der Waals surface area contributed by atoms with Crippen LogP contribution in [-0.4, -0.2) is 35.8 Å². The van der Waals surface area contributed by atoms with Gasteiger partial charge < -0.3 is 10.2 Å². The van der Waals surface area contributed by atoms with Crippen LogP contribution in [0.25, 0.3) is 0 Å². The predicted molar refractivity (Wildman–Crippen MR) is 90.4 cm³/mol. The van der Waals surface area contributed by atoms with Crippen LogP contribution in [0.5, 0.6) is 0 Å². The van der Waals surface area contributed by atoms with E-state index in [-0.39, 0.29) is 22.6 Å². The normalized spacial score (nSPS) is 23.3. The summed E-state index contributed by atoms with van der Waals surface area (Å²) in [6.45, 7) is 19.7. The minimum Gasteiger partial charge on any atom is -0.343 e. The molecule has 1 aliphatic rings. The fraction of sp³-hybridized carbons (Fsp3) is 0.889. The number of hydrogen-bond acceptors (Lipinski definition) is 2. The standard InChI is InChI=1S/C18H34N2O2/c1-12-10-20(11-18(12,8)9)14(21)13(16(2,3)4)19-15(22)17(5,6)7/h12-13H,10-11H2,1-9H3,(H,19,22). The van der Waals surface area contributed by atoms with Gasteiger partial charge in [0.1, 0.15) is 6.04 Å². The van der Waals surface area contributed by atoms with Gasteiger partial charge in [0.25, 0.3) is 0 Å². The molecule has 0 aromatic carbocycles. The number of rotatable bonds is 2. The predicted octanol–water partition coefficient (Wildman–Crippen LogP) is 3.07. The van der Waals surface area contributed by atoms with E-state index in [0.717, 1.165) is 13.1 Å². The monoisotopic (exact) mass is 310 g/mol. The largest absolute Gasteiger partial charge is 0.343 e. The highest BCUT2D eigenvalue weighted by atomic mass is 16.2. The lowest BCUT2D eigenvalue weighted by molar-refractivity contribution is -0.141. The molecule has 4 heteroatoms. The lowest BCUT2D eigenvalue weighted by atomic mass is 9.83. The van der Waals surface area contributed by atoms with Crippen LogP contribution in [0.4, 0.5) is 0 Å². The fourth-order valence-electron chi connectivity index (χ4n) is 2.64. The summed E-state index contributed by atoms with van der Waals surface area (Å²) in [6, 6.07) is -0.486. The van der Waals surface area contributed by atoms with Gasteiger partial charge in [-0.3, -0.25) is 9.59 Å². The van der Waals surface area contributed by atoms with Crippen molar-refractivity contribution >= 4 is 11.8 Å². The number of likely N-dealkylation sites (tertiary alicyclic amines) is 1. The maximum absolute atomic E-state index is 13.0. The number of nitrogens with zero attached hydrogens (tertiary/aromatic N) is 1. The lowest BCUT2D eigenvalue weighted by Gasteiger charge is -2.35. The van der Waals surface area contributed by atoms with E-state index in [1.165, 1.54) is 0 Å². The third kappa shape index (κ3) is 4.23. The average molecular weight is 310 g/mol. The van der Waals surface area contributed by atoms with Crippen LogP contribution in [0.1, 0.15) is 62.3 Å². The molecule has 1 aliphatic heterocycles. The number of amides is 2. The van der Waals surface area contributed by atoms with Gasteiger partial charge >= 0.3 is 0 Å². The van der Waals surface area contributed by atoms with Crippen molar-refractivity contribution in [3.05, 3.63) is 0 Å². The van der Waals surface area contributed by atoms with Crippen molar-refractivity contribution in [1.29, 1.82) is 0 Å². The molecule has 22 heavy (non-hydrogen) atoms. The van der Waals surface area contributed by atoms with Gasteiger partial charge in [0.2, 0.25) is 11.8 Å². The fourth-order valence-corrected chi connectivity index (χ4v) is 2.64. The second-order valence-corrected chi connectivity index (χ2v) is 9.63. The van der Waals surface area contributed by atoms with E-state index in [1.54, 1.807) is 0 Å². The molecule has 0 bridgehead atoms. The van der Waals surface area contributed by atoms with Crippen molar-refractivity contribution < 1.29 is 9.59 Å². The van der Waals surface area contributed by atoms with Crippen LogP contribution in [0.15, 0.2) is 0 Å². The quantitative estimate of drug-likeness (QED) is 0.852. The first-order valence-electron chi connectivity index (χ1n) is 8.26. The van der Waals surface area contributed by atoms with Crippen LogP contribution in [0, 0.1) is 22.2 Å². The summed E-state index contributed by atoms with van der Waals surface area (Å²) in [7, 11) is 0. The van der Waals surface area contributed by atoms with E-state index in [4.69, 9.17) is 0 Å². The van der Waals surface area contributed by atoms with Gasteiger partial charge in [-0.05, 0) is 16.7 Å². The Kier molecular flexibility index (Phi) is 5.06. The van der Waals surface area contributed by atoms with Gasteiger partial charge in [-0.1, -0.05) is 62.3 Å². The molecule has 1 fully saturated rings. The van der Waals surface area contributed by atoms with E-state index in [0.29, 0.717) is 5.92 Å². The minimum atomic E-state index is -0.499. The van der Waals surface area contributed by atoms with Crippen molar-refractivity contribution in [2.24, 2.45) is 22.2 Å². The smallest absolute Gasteiger partial charge is 0.245 e. The highest BCUT2D eigenvalue weighted by molar-refractivity contribution is 5.90. The van der Waals surface area contributed by atoms with Gasteiger partial charge in [-0.2, -0.15) is 0 Å². The van der Waals surface area contributed by atoms with Gasteiger partial charge in [0.05, 0.1) is 0 Å². The molecule has 4 nitrogen and oxygen atoms in total. The summed E-state index contributed by atoms with van der Waals surface area (Å²) in [5, 5.41) is 2.99. The second kappa shape index (κ2) is 5.86. The van der Waals surface area contributed by atoms with Crippen molar-refractivity contribution in [2.45, 2.75) is 68.4 Å². The van der Waals surface area contributed by atoms with Crippen molar-refractivity contribution in [1.82, 2.24) is 10.2 Å². The topological polar surface area (TPSA) is 49.4 Å². The Labute approximate surface area is 136 Å². The molecule has 128 valence electrons. The molecule has 1 heterocycles. The second-order valence-electron chi connectivity index (χ2n) is 9.63. The highest BCUT2D eigenvalue weighted by Gasteiger charge is 2.43. The van der Waals surface area contributed by atoms with Crippen LogP contribution in [0.2, 0.25) is 0 Å². The van der Waals surface area contributed by atoms with Crippen LogP contribution < -0.4 is 5.32 Å². The number of carbonyl (C=O) groups is 2. The Bertz CT molecular complexity index is 441. The first kappa shape index (κ1) is 19.0. The van der Waals surface area contributed by atoms with Gasteiger partial charge in [0, 0.05) is 18.5 Å². The average Bonchev–Trinajstić information content (AvgIpc) is 2.57. The van der Waals surface area contributed by atoms with Crippen molar-refractivity contribution in [3.8, 4) is 0 Å². The summed E-state index contributed by atoms with van der Waals surface area (Å²) >= 11 is 0. The maximum Gasteiger partial charge on any atom is 0.245 e. The summed E-state index contributed by atoms with van der Waals surface area (Å²) in [5.41, 5.74) is -0.679. The summed E-state index contributed by atoms with van der Waals surface area (Å²) < 4.78 is 0. The zero-order chi connectivity index (χ0) is 17.5. The SMILES string of the molecule is CC1CN(C(=O)C(NC(=O)C(C)(C)C)C(C)(C)C)CC1(C)C. The molecule has 2 amide bonds. The number of hydrogen-bond donors (Lipinski definition) is 1. The zero-order valence-corrected chi connectivity index (χ0v) is 15.8. The Balaban J connectivity index is 2.95. The zero-order valence-electron chi connectivity index (χ0n) is 15.8. The Morgan fingerprint density at radius 2 is 1.64 bits per heavy atom.